The van der Waals surface area contributed by atoms with Crippen LogP contribution in [0.25, 0.3) is 0 Å². The molecule has 4 nitrogen and oxygen atoms in total. The molecule has 1 rings (SSSR count). The Balaban J connectivity index is 2.72. The van der Waals surface area contributed by atoms with Crippen LogP contribution in [0.5, 0.6) is 0 Å². The maximum Gasteiger partial charge on any atom is 0.332 e. The summed E-state index contributed by atoms with van der Waals surface area (Å²) in [6, 6.07) is 0. The van der Waals surface area contributed by atoms with Crippen molar-refractivity contribution in [2.75, 3.05) is 13.2 Å². The number of rotatable bonds is 3. The molecule has 0 aromatic rings. The van der Waals surface area contributed by atoms with Gasteiger partial charge >= 0.3 is 5.97 Å². The third kappa shape index (κ3) is 3.23. The number of ether oxygens (including phenoxy) is 1. The number of carbonyl (C=O) groups is 2. The van der Waals surface area contributed by atoms with E-state index in [1.807, 2.05) is 0 Å². The summed E-state index contributed by atoms with van der Waals surface area (Å²) >= 11 is 5.74. The van der Waals surface area contributed by atoms with Crippen LogP contribution >= 0.6 is 11.6 Å². The van der Waals surface area contributed by atoms with E-state index in [1.165, 1.54) is 6.08 Å². The molecule has 1 aliphatic rings. The molecule has 16 heavy (non-hydrogen) atoms. The van der Waals surface area contributed by atoms with Crippen molar-refractivity contribution in [3.63, 3.8) is 0 Å². The molecule has 1 heterocycles. The van der Waals surface area contributed by atoms with Gasteiger partial charge in [-0.3, -0.25) is 4.79 Å². The van der Waals surface area contributed by atoms with E-state index >= 15 is 0 Å². The lowest BCUT2D eigenvalue weighted by molar-refractivity contribution is -0.137. The number of hydrogen-bond donors (Lipinski definition) is 0. The van der Waals surface area contributed by atoms with Crippen molar-refractivity contribution in [2.24, 2.45) is 0 Å². The summed E-state index contributed by atoms with van der Waals surface area (Å²) in [5, 5.41) is -0.566. The summed E-state index contributed by atoms with van der Waals surface area (Å²) in [5.41, 5.74) is 0.705. The van der Waals surface area contributed by atoms with Gasteiger partial charge in [0.25, 0.3) is 0 Å². The van der Waals surface area contributed by atoms with Crippen LogP contribution in [0.15, 0.2) is 11.8 Å². The van der Waals surface area contributed by atoms with Crippen molar-refractivity contribution >= 4 is 23.5 Å². The van der Waals surface area contributed by atoms with E-state index in [9.17, 15) is 9.59 Å². The quantitative estimate of drug-likeness (QED) is 0.432. The molecule has 0 spiro atoms. The molecular formula is C11H16ClNO3. The number of likely N-dealkylation sites (tertiary alicyclic amines) is 1. The standard InChI is InChI=1S/C11H16ClNO3/c1-3-16-10(14)7-9-5-4-6-13(9)11(15)8(2)12/h7-8H,3-6H2,1-2H3/b9-7+/t8-/m1/s1. The van der Waals surface area contributed by atoms with E-state index in [-0.39, 0.29) is 5.91 Å². The molecule has 0 N–H and O–H groups in total. The highest BCUT2D eigenvalue weighted by Gasteiger charge is 2.26. The number of esters is 1. The fourth-order valence-corrected chi connectivity index (χ4v) is 1.75. The van der Waals surface area contributed by atoms with Crippen LogP contribution in [0.3, 0.4) is 0 Å². The van der Waals surface area contributed by atoms with Crippen molar-refractivity contribution in [3.8, 4) is 0 Å². The van der Waals surface area contributed by atoms with Crippen LogP contribution in [-0.2, 0) is 14.3 Å². The van der Waals surface area contributed by atoms with Gasteiger partial charge in [0.2, 0.25) is 5.91 Å². The molecule has 0 aromatic carbocycles. The summed E-state index contributed by atoms with van der Waals surface area (Å²) in [6.07, 6.45) is 2.96. The van der Waals surface area contributed by atoms with Crippen LogP contribution < -0.4 is 0 Å². The number of amides is 1. The summed E-state index contributed by atoms with van der Waals surface area (Å²) in [7, 11) is 0. The van der Waals surface area contributed by atoms with Crippen LogP contribution in [-0.4, -0.2) is 35.3 Å². The Labute approximate surface area is 100 Å². The Morgan fingerprint density at radius 3 is 2.88 bits per heavy atom. The van der Waals surface area contributed by atoms with Gasteiger partial charge in [-0.05, 0) is 26.7 Å². The molecular weight excluding hydrogens is 230 g/mol. The summed E-state index contributed by atoms with van der Waals surface area (Å²) in [5.74, 6) is -0.561. The molecule has 1 amide bonds. The summed E-state index contributed by atoms with van der Waals surface area (Å²) < 4.78 is 4.81. The van der Waals surface area contributed by atoms with Crippen molar-refractivity contribution in [1.29, 1.82) is 0 Å². The fourth-order valence-electron chi connectivity index (χ4n) is 1.63. The van der Waals surface area contributed by atoms with Gasteiger partial charge in [0.15, 0.2) is 0 Å². The molecule has 0 unspecified atom stereocenters. The Morgan fingerprint density at radius 1 is 1.62 bits per heavy atom. The Morgan fingerprint density at radius 2 is 2.31 bits per heavy atom. The highest BCUT2D eigenvalue weighted by atomic mass is 35.5. The zero-order valence-corrected chi connectivity index (χ0v) is 10.3. The monoisotopic (exact) mass is 245 g/mol. The van der Waals surface area contributed by atoms with E-state index in [4.69, 9.17) is 16.3 Å². The average Bonchev–Trinajstić information content (AvgIpc) is 2.64. The Kier molecular flexibility index (Phi) is 4.80. The van der Waals surface area contributed by atoms with Crippen LogP contribution in [0.4, 0.5) is 0 Å². The van der Waals surface area contributed by atoms with Gasteiger partial charge in [-0.25, -0.2) is 4.79 Å². The molecule has 0 aliphatic carbocycles. The first-order valence-corrected chi connectivity index (χ1v) is 5.82. The van der Waals surface area contributed by atoms with E-state index in [1.54, 1.807) is 18.7 Å². The molecule has 1 fully saturated rings. The third-order valence-electron chi connectivity index (χ3n) is 2.34. The maximum atomic E-state index is 11.7. The highest BCUT2D eigenvalue weighted by molar-refractivity contribution is 6.30. The average molecular weight is 246 g/mol. The molecule has 1 aliphatic heterocycles. The first-order chi connectivity index (χ1) is 7.56. The number of nitrogens with zero attached hydrogens (tertiary/aromatic N) is 1. The minimum absolute atomic E-state index is 0.158. The minimum Gasteiger partial charge on any atom is -0.463 e. The first-order valence-electron chi connectivity index (χ1n) is 5.39. The molecule has 1 atom stereocenters. The molecule has 90 valence electrons. The van der Waals surface area contributed by atoms with E-state index in [0.29, 0.717) is 25.3 Å². The second-order valence-corrected chi connectivity index (χ2v) is 4.25. The zero-order valence-electron chi connectivity index (χ0n) is 9.53. The summed E-state index contributed by atoms with van der Waals surface area (Å²) in [6.45, 7) is 4.34. The van der Waals surface area contributed by atoms with Crippen molar-refractivity contribution < 1.29 is 14.3 Å². The SMILES string of the molecule is CCOC(=O)/C=C1\CCCN1C(=O)[C@@H](C)Cl. The van der Waals surface area contributed by atoms with Gasteiger partial charge in [-0.2, -0.15) is 0 Å². The van der Waals surface area contributed by atoms with Gasteiger partial charge in [-0.15, -0.1) is 11.6 Å². The molecule has 1 saturated heterocycles. The van der Waals surface area contributed by atoms with Gasteiger partial charge in [0, 0.05) is 18.3 Å². The van der Waals surface area contributed by atoms with Crippen molar-refractivity contribution in [3.05, 3.63) is 11.8 Å². The van der Waals surface area contributed by atoms with Gasteiger partial charge < -0.3 is 9.64 Å². The minimum atomic E-state index is -0.566. The van der Waals surface area contributed by atoms with Gasteiger partial charge in [0.1, 0.15) is 5.38 Å². The Hall–Kier alpha value is -1.03. The van der Waals surface area contributed by atoms with Crippen molar-refractivity contribution in [1.82, 2.24) is 4.90 Å². The molecule has 0 saturated carbocycles. The predicted octanol–water partition coefficient (Wildman–Crippen LogP) is 1.68. The fraction of sp³-hybridized carbons (Fsp3) is 0.636. The zero-order chi connectivity index (χ0) is 12.1. The number of alkyl halides is 1. The molecule has 5 heteroatoms. The van der Waals surface area contributed by atoms with Crippen LogP contribution in [0, 0.1) is 0 Å². The molecule has 0 bridgehead atoms. The second kappa shape index (κ2) is 5.89. The third-order valence-corrected chi connectivity index (χ3v) is 2.53. The number of halogens is 1. The largest absolute Gasteiger partial charge is 0.463 e. The van der Waals surface area contributed by atoms with Gasteiger partial charge in [0.05, 0.1) is 6.61 Å². The van der Waals surface area contributed by atoms with Crippen LogP contribution in [0.2, 0.25) is 0 Å². The molecule has 0 aromatic heterocycles. The number of allylic oxidation sites excluding steroid dienone is 1. The highest BCUT2D eigenvalue weighted by Crippen LogP contribution is 2.22. The smallest absolute Gasteiger partial charge is 0.332 e. The van der Waals surface area contributed by atoms with E-state index in [2.05, 4.69) is 0 Å². The normalized spacial score (nSPS) is 19.9. The van der Waals surface area contributed by atoms with E-state index < -0.39 is 11.3 Å². The predicted molar refractivity (Wildman–Crippen MR) is 61.0 cm³/mol. The number of hydrogen-bond acceptors (Lipinski definition) is 3. The van der Waals surface area contributed by atoms with Crippen molar-refractivity contribution in [2.45, 2.75) is 32.1 Å². The number of carbonyl (C=O) groups excluding carboxylic acids is 2. The lowest BCUT2D eigenvalue weighted by Gasteiger charge is -2.18. The maximum absolute atomic E-state index is 11.7. The molecule has 0 radical (unpaired) electrons. The lowest BCUT2D eigenvalue weighted by Crippen LogP contribution is -2.32. The second-order valence-electron chi connectivity index (χ2n) is 3.60. The lowest BCUT2D eigenvalue weighted by atomic mass is 10.3. The summed E-state index contributed by atoms with van der Waals surface area (Å²) in [4.78, 5) is 24.5. The Bertz CT molecular complexity index is 312. The van der Waals surface area contributed by atoms with Gasteiger partial charge in [-0.1, -0.05) is 0 Å². The topological polar surface area (TPSA) is 46.6 Å². The van der Waals surface area contributed by atoms with E-state index in [0.717, 1.165) is 6.42 Å². The first kappa shape index (κ1) is 13.0. The van der Waals surface area contributed by atoms with Crippen LogP contribution in [0.1, 0.15) is 26.7 Å².